The smallest absolute Gasteiger partial charge is 0.335 e. The zero-order valence-corrected chi connectivity index (χ0v) is 12.4. The van der Waals surface area contributed by atoms with Crippen LogP contribution >= 0.6 is 15.9 Å². The molecule has 1 amide bonds. The van der Waals surface area contributed by atoms with Crippen molar-refractivity contribution >= 4 is 33.5 Å². The summed E-state index contributed by atoms with van der Waals surface area (Å²) in [7, 11) is 0. The summed E-state index contributed by atoms with van der Waals surface area (Å²) >= 11 is 3.27. The van der Waals surface area contributed by atoms with E-state index >= 15 is 0 Å². The predicted molar refractivity (Wildman–Crippen MR) is 81.2 cm³/mol. The summed E-state index contributed by atoms with van der Waals surface area (Å²) in [5.41, 5.74) is 6.95. The van der Waals surface area contributed by atoms with Gasteiger partial charge >= 0.3 is 5.97 Å². The fraction of sp³-hybridized carbons (Fsp3) is 0.0714. The number of carbonyl (C=O) groups excluding carboxylic acids is 1. The number of hydrogen-bond donors (Lipinski definition) is 3. The highest BCUT2D eigenvalue weighted by Gasteiger charge is 2.12. The molecule has 0 aliphatic carbocycles. The molecule has 0 atom stereocenters. The van der Waals surface area contributed by atoms with Crippen molar-refractivity contribution in [1.82, 2.24) is 4.98 Å². The van der Waals surface area contributed by atoms with Gasteiger partial charge in [-0.05, 0) is 40.2 Å². The SMILES string of the molecule is NC(=O)c1c(Br)cccc1NCc1cc(C(=O)O)ccn1. The first-order chi connectivity index (χ1) is 9.99. The Balaban J connectivity index is 2.21. The molecule has 1 aromatic heterocycles. The van der Waals surface area contributed by atoms with Gasteiger partial charge in [0.15, 0.2) is 0 Å². The van der Waals surface area contributed by atoms with Crippen molar-refractivity contribution in [2.24, 2.45) is 5.73 Å². The minimum atomic E-state index is -1.01. The van der Waals surface area contributed by atoms with Gasteiger partial charge in [0.1, 0.15) is 0 Å². The van der Waals surface area contributed by atoms with E-state index in [1.165, 1.54) is 18.3 Å². The number of anilines is 1. The lowest BCUT2D eigenvalue weighted by Gasteiger charge is -2.11. The number of nitrogens with two attached hydrogens (primary N) is 1. The second-order valence-corrected chi connectivity index (χ2v) is 5.08. The number of carboxylic acids is 1. The Kier molecular flexibility index (Phi) is 4.54. The summed E-state index contributed by atoms with van der Waals surface area (Å²) in [4.78, 5) is 26.4. The summed E-state index contributed by atoms with van der Waals surface area (Å²) in [6, 6.07) is 8.08. The Morgan fingerprint density at radius 2 is 2.10 bits per heavy atom. The maximum atomic E-state index is 11.5. The highest BCUT2D eigenvalue weighted by molar-refractivity contribution is 9.10. The Labute approximate surface area is 129 Å². The third-order valence-electron chi connectivity index (χ3n) is 2.78. The molecule has 0 saturated heterocycles. The molecule has 21 heavy (non-hydrogen) atoms. The second-order valence-electron chi connectivity index (χ2n) is 4.22. The van der Waals surface area contributed by atoms with Crippen molar-refractivity contribution in [3.05, 3.63) is 57.8 Å². The number of rotatable bonds is 5. The minimum Gasteiger partial charge on any atom is -0.478 e. The van der Waals surface area contributed by atoms with Crippen molar-refractivity contribution in [1.29, 1.82) is 0 Å². The third-order valence-corrected chi connectivity index (χ3v) is 3.44. The monoisotopic (exact) mass is 349 g/mol. The molecule has 0 aliphatic heterocycles. The van der Waals surface area contributed by atoms with Crippen LogP contribution in [-0.2, 0) is 6.54 Å². The molecule has 0 spiro atoms. The van der Waals surface area contributed by atoms with Crippen LogP contribution in [0.1, 0.15) is 26.4 Å². The predicted octanol–water partition coefficient (Wildman–Crippen LogP) is 2.25. The molecule has 2 rings (SSSR count). The summed E-state index contributed by atoms with van der Waals surface area (Å²) in [5, 5.41) is 12.0. The van der Waals surface area contributed by atoms with Crippen LogP contribution in [0.3, 0.4) is 0 Å². The highest BCUT2D eigenvalue weighted by atomic mass is 79.9. The van der Waals surface area contributed by atoms with E-state index in [0.717, 1.165) is 0 Å². The topological polar surface area (TPSA) is 105 Å². The van der Waals surface area contributed by atoms with Gasteiger partial charge in [-0.3, -0.25) is 9.78 Å². The van der Waals surface area contributed by atoms with Gasteiger partial charge < -0.3 is 16.2 Å². The number of benzene rings is 1. The van der Waals surface area contributed by atoms with Crippen LogP contribution in [0.15, 0.2) is 41.0 Å². The van der Waals surface area contributed by atoms with Gasteiger partial charge in [0.2, 0.25) is 0 Å². The first-order valence-electron chi connectivity index (χ1n) is 5.99. The van der Waals surface area contributed by atoms with Crippen molar-refractivity contribution in [3.63, 3.8) is 0 Å². The van der Waals surface area contributed by atoms with Crippen molar-refractivity contribution < 1.29 is 14.7 Å². The van der Waals surface area contributed by atoms with E-state index in [1.807, 2.05) is 0 Å². The van der Waals surface area contributed by atoms with Gasteiger partial charge in [-0.15, -0.1) is 0 Å². The van der Waals surface area contributed by atoms with Gasteiger partial charge in [0, 0.05) is 16.4 Å². The van der Waals surface area contributed by atoms with Gasteiger partial charge in [-0.1, -0.05) is 6.07 Å². The number of amides is 1. The molecule has 1 aromatic carbocycles. The molecule has 0 radical (unpaired) electrons. The lowest BCUT2D eigenvalue weighted by Crippen LogP contribution is -2.15. The maximum Gasteiger partial charge on any atom is 0.335 e. The van der Waals surface area contributed by atoms with Crippen LogP contribution in [-0.4, -0.2) is 22.0 Å². The minimum absolute atomic E-state index is 0.158. The summed E-state index contributed by atoms with van der Waals surface area (Å²) < 4.78 is 0.590. The Hall–Kier alpha value is -2.41. The number of aromatic carboxylic acids is 1. The normalized spacial score (nSPS) is 10.1. The zero-order valence-electron chi connectivity index (χ0n) is 10.8. The molecular formula is C14H12BrN3O3. The number of halogens is 1. The van der Waals surface area contributed by atoms with Crippen LogP contribution in [0.4, 0.5) is 5.69 Å². The fourth-order valence-electron chi connectivity index (χ4n) is 1.82. The van der Waals surface area contributed by atoms with E-state index in [0.29, 0.717) is 21.4 Å². The van der Waals surface area contributed by atoms with E-state index in [9.17, 15) is 9.59 Å². The lowest BCUT2D eigenvalue weighted by atomic mass is 10.1. The van der Waals surface area contributed by atoms with E-state index in [4.69, 9.17) is 10.8 Å². The number of nitrogens with zero attached hydrogens (tertiary/aromatic N) is 1. The molecule has 6 nitrogen and oxygen atoms in total. The standard InChI is InChI=1S/C14H12BrN3O3/c15-10-2-1-3-11(12(10)13(16)19)18-7-9-6-8(14(20)21)4-5-17-9/h1-6,18H,7H2,(H2,16,19)(H,20,21). The maximum absolute atomic E-state index is 11.5. The molecule has 0 unspecified atom stereocenters. The van der Waals surface area contributed by atoms with E-state index in [2.05, 4.69) is 26.2 Å². The van der Waals surface area contributed by atoms with Crippen molar-refractivity contribution in [2.75, 3.05) is 5.32 Å². The van der Waals surface area contributed by atoms with Gasteiger partial charge in [0.05, 0.1) is 23.4 Å². The number of carboxylic acid groups (broad SMARTS) is 1. The number of nitrogens with one attached hydrogen (secondary N) is 1. The van der Waals surface area contributed by atoms with Gasteiger partial charge in [0.25, 0.3) is 5.91 Å². The number of primary amides is 1. The van der Waals surface area contributed by atoms with Crippen LogP contribution < -0.4 is 11.1 Å². The van der Waals surface area contributed by atoms with E-state index in [1.54, 1.807) is 18.2 Å². The van der Waals surface area contributed by atoms with Crippen LogP contribution in [0.5, 0.6) is 0 Å². The van der Waals surface area contributed by atoms with Gasteiger partial charge in [-0.25, -0.2) is 4.79 Å². The lowest BCUT2D eigenvalue weighted by molar-refractivity contribution is 0.0696. The van der Waals surface area contributed by atoms with Crippen LogP contribution in [0.2, 0.25) is 0 Å². The first kappa shape index (κ1) is 15.0. The largest absolute Gasteiger partial charge is 0.478 e. The third kappa shape index (κ3) is 3.57. The summed E-state index contributed by atoms with van der Waals surface area (Å²) in [5.74, 6) is -1.57. The molecule has 0 fully saturated rings. The molecule has 7 heteroatoms. The molecule has 108 valence electrons. The van der Waals surface area contributed by atoms with E-state index in [-0.39, 0.29) is 12.1 Å². The Morgan fingerprint density at radius 1 is 1.33 bits per heavy atom. The average molecular weight is 350 g/mol. The van der Waals surface area contributed by atoms with Crippen LogP contribution in [0.25, 0.3) is 0 Å². The fourth-order valence-corrected chi connectivity index (χ4v) is 2.38. The number of carbonyl (C=O) groups is 2. The molecule has 0 saturated carbocycles. The number of pyridine rings is 1. The second kappa shape index (κ2) is 6.36. The first-order valence-corrected chi connectivity index (χ1v) is 6.78. The molecule has 4 N–H and O–H groups in total. The molecular weight excluding hydrogens is 338 g/mol. The number of hydrogen-bond acceptors (Lipinski definition) is 4. The molecule has 1 heterocycles. The zero-order chi connectivity index (χ0) is 15.4. The van der Waals surface area contributed by atoms with Gasteiger partial charge in [-0.2, -0.15) is 0 Å². The quantitative estimate of drug-likeness (QED) is 0.767. The highest BCUT2D eigenvalue weighted by Crippen LogP contribution is 2.24. The van der Waals surface area contributed by atoms with E-state index < -0.39 is 11.9 Å². The van der Waals surface area contributed by atoms with Crippen LogP contribution in [0, 0.1) is 0 Å². The average Bonchev–Trinajstić information content (AvgIpc) is 2.45. The van der Waals surface area contributed by atoms with Crippen molar-refractivity contribution in [2.45, 2.75) is 6.54 Å². The Bertz CT molecular complexity index is 704. The summed E-state index contributed by atoms with van der Waals surface area (Å²) in [6.45, 7) is 0.276. The molecule has 2 aromatic rings. The van der Waals surface area contributed by atoms with Crippen molar-refractivity contribution in [3.8, 4) is 0 Å². The Morgan fingerprint density at radius 3 is 2.76 bits per heavy atom. The summed E-state index contributed by atoms with van der Waals surface area (Å²) in [6.07, 6.45) is 1.43. The number of aromatic nitrogens is 1. The molecule has 0 aliphatic rings. The molecule has 0 bridgehead atoms.